The van der Waals surface area contributed by atoms with E-state index in [4.69, 9.17) is 11.6 Å². The molecule has 0 unspecified atom stereocenters. The van der Waals surface area contributed by atoms with Crippen LogP contribution < -0.4 is 14.9 Å². The Morgan fingerprint density at radius 3 is 2.29 bits per heavy atom. The van der Waals surface area contributed by atoms with Gasteiger partial charge in [0.2, 0.25) is 0 Å². The number of carbonyl (C=O) groups excluding carboxylic acids is 2. The van der Waals surface area contributed by atoms with E-state index in [1.807, 2.05) is 0 Å². The van der Waals surface area contributed by atoms with Gasteiger partial charge in [-0.05, 0) is 62.2 Å². The van der Waals surface area contributed by atoms with Gasteiger partial charge in [-0.2, -0.15) is 0 Å². The standard InChI is InChI=1S/C25H24ClN3O4S/c1-2-29(18-8-4-3-5-9-18)34(32,33)19-14-15-22(26)21(16-19)25(31)28-23-11-7-6-10-20(23)24(30)27-17-12-13-17/h3-11,14-17H,2,12-13H2,1H3,(H,27,30)(H,28,31). The van der Waals surface area contributed by atoms with Crippen molar-refractivity contribution in [3.63, 3.8) is 0 Å². The fourth-order valence-corrected chi connectivity index (χ4v) is 5.23. The Morgan fingerprint density at radius 2 is 1.62 bits per heavy atom. The number of nitrogens with one attached hydrogen (secondary N) is 2. The van der Waals surface area contributed by atoms with Crippen LogP contribution in [0.4, 0.5) is 11.4 Å². The number of amides is 2. The zero-order valence-electron chi connectivity index (χ0n) is 18.5. The third-order valence-corrected chi connectivity index (χ3v) is 7.66. The summed E-state index contributed by atoms with van der Waals surface area (Å²) in [5, 5.41) is 5.70. The Morgan fingerprint density at radius 1 is 0.941 bits per heavy atom. The van der Waals surface area contributed by atoms with Crippen molar-refractivity contribution in [2.24, 2.45) is 0 Å². The molecule has 0 saturated heterocycles. The molecular formula is C25H24ClN3O4S. The molecule has 0 aromatic heterocycles. The van der Waals surface area contributed by atoms with Gasteiger partial charge in [0.25, 0.3) is 21.8 Å². The van der Waals surface area contributed by atoms with Crippen LogP contribution in [0, 0.1) is 0 Å². The van der Waals surface area contributed by atoms with E-state index in [0.29, 0.717) is 16.9 Å². The maximum Gasteiger partial charge on any atom is 0.264 e. The first-order valence-corrected chi connectivity index (χ1v) is 12.7. The third-order valence-electron chi connectivity index (χ3n) is 5.43. The summed E-state index contributed by atoms with van der Waals surface area (Å²) in [6, 6.07) is 19.5. The molecule has 3 aromatic rings. The predicted octanol–water partition coefficient (Wildman–Crippen LogP) is 4.70. The summed E-state index contributed by atoms with van der Waals surface area (Å²) in [6.07, 6.45) is 1.88. The molecule has 2 amide bonds. The number of sulfonamides is 1. The maximum absolute atomic E-state index is 13.4. The van der Waals surface area contributed by atoms with Crippen LogP contribution in [0.25, 0.3) is 0 Å². The molecule has 0 radical (unpaired) electrons. The van der Waals surface area contributed by atoms with Gasteiger partial charge >= 0.3 is 0 Å². The van der Waals surface area contributed by atoms with Crippen LogP contribution in [0.5, 0.6) is 0 Å². The van der Waals surface area contributed by atoms with Gasteiger partial charge in [0.05, 0.1) is 32.4 Å². The molecule has 1 fully saturated rings. The monoisotopic (exact) mass is 497 g/mol. The molecule has 1 aliphatic rings. The van der Waals surface area contributed by atoms with Crippen LogP contribution in [0.15, 0.2) is 77.7 Å². The molecule has 1 saturated carbocycles. The van der Waals surface area contributed by atoms with Crippen molar-refractivity contribution in [1.29, 1.82) is 0 Å². The minimum atomic E-state index is -3.95. The van der Waals surface area contributed by atoms with Gasteiger partial charge in [-0.25, -0.2) is 8.42 Å². The molecule has 0 aliphatic heterocycles. The molecule has 0 atom stereocenters. The summed E-state index contributed by atoms with van der Waals surface area (Å²) < 4.78 is 28.0. The number of hydrogen-bond donors (Lipinski definition) is 2. The van der Waals surface area contributed by atoms with E-state index >= 15 is 0 Å². The summed E-state index contributed by atoms with van der Waals surface area (Å²) >= 11 is 6.27. The molecule has 0 bridgehead atoms. The van der Waals surface area contributed by atoms with E-state index in [9.17, 15) is 18.0 Å². The average molecular weight is 498 g/mol. The van der Waals surface area contributed by atoms with Gasteiger partial charge in [0, 0.05) is 12.6 Å². The second kappa shape index (κ2) is 9.87. The Hall–Kier alpha value is -3.36. The van der Waals surface area contributed by atoms with Gasteiger partial charge in [-0.15, -0.1) is 0 Å². The smallest absolute Gasteiger partial charge is 0.264 e. The lowest BCUT2D eigenvalue weighted by Gasteiger charge is -2.23. The zero-order chi connectivity index (χ0) is 24.3. The second-order valence-electron chi connectivity index (χ2n) is 7.89. The van der Waals surface area contributed by atoms with E-state index in [1.54, 1.807) is 61.5 Å². The van der Waals surface area contributed by atoms with E-state index in [1.165, 1.54) is 22.5 Å². The third kappa shape index (κ3) is 5.08. The maximum atomic E-state index is 13.4. The highest BCUT2D eigenvalue weighted by atomic mass is 35.5. The molecule has 2 N–H and O–H groups in total. The lowest BCUT2D eigenvalue weighted by atomic mass is 10.1. The van der Waals surface area contributed by atoms with Crippen LogP contribution in [-0.4, -0.2) is 32.8 Å². The number of rotatable bonds is 8. The summed E-state index contributed by atoms with van der Waals surface area (Å²) in [4.78, 5) is 25.6. The Balaban J connectivity index is 1.63. The Bertz CT molecular complexity index is 1320. The minimum Gasteiger partial charge on any atom is -0.349 e. The van der Waals surface area contributed by atoms with Crippen molar-refractivity contribution in [2.45, 2.75) is 30.7 Å². The molecule has 7 nitrogen and oxygen atoms in total. The molecule has 9 heteroatoms. The molecule has 176 valence electrons. The summed E-state index contributed by atoms with van der Waals surface area (Å²) in [5.41, 5.74) is 1.14. The van der Waals surface area contributed by atoms with E-state index in [2.05, 4.69) is 10.6 Å². The SMILES string of the molecule is CCN(c1ccccc1)S(=O)(=O)c1ccc(Cl)c(C(=O)Nc2ccccc2C(=O)NC2CC2)c1. The topological polar surface area (TPSA) is 95.6 Å². The molecule has 0 spiro atoms. The van der Waals surface area contributed by atoms with Gasteiger partial charge in [0.15, 0.2) is 0 Å². The number of nitrogens with zero attached hydrogens (tertiary/aromatic N) is 1. The number of hydrogen-bond acceptors (Lipinski definition) is 4. The van der Waals surface area contributed by atoms with E-state index in [0.717, 1.165) is 12.8 Å². The number of halogens is 1. The molecule has 3 aromatic carbocycles. The molecule has 34 heavy (non-hydrogen) atoms. The average Bonchev–Trinajstić information content (AvgIpc) is 3.64. The quantitative estimate of drug-likeness (QED) is 0.471. The predicted molar refractivity (Wildman–Crippen MR) is 133 cm³/mol. The fourth-order valence-electron chi connectivity index (χ4n) is 3.52. The Labute approximate surface area is 203 Å². The highest BCUT2D eigenvalue weighted by Gasteiger charge is 2.27. The number of benzene rings is 3. The molecule has 1 aliphatic carbocycles. The molecule has 4 rings (SSSR count). The first-order chi connectivity index (χ1) is 16.3. The van der Waals surface area contributed by atoms with Crippen molar-refractivity contribution in [3.8, 4) is 0 Å². The minimum absolute atomic E-state index is 0.00994. The van der Waals surface area contributed by atoms with Crippen molar-refractivity contribution in [3.05, 3.63) is 88.9 Å². The van der Waals surface area contributed by atoms with Crippen LogP contribution in [0.1, 0.15) is 40.5 Å². The zero-order valence-corrected chi connectivity index (χ0v) is 20.1. The van der Waals surface area contributed by atoms with Gasteiger partial charge in [0.1, 0.15) is 0 Å². The summed E-state index contributed by atoms with van der Waals surface area (Å²) in [6.45, 7) is 1.94. The molecule has 0 heterocycles. The number of anilines is 2. The van der Waals surface area contributed by atoms with Crippen LogP contribution in [0.2, 0.25) is 5.02 Å². The van der Waals surface area contributed by atoms with Crippen molar-refractivity contribution < 1.29 is 18.0 Å². The van der Waals surface area contributed by atoms with Crippen molar-refractivity contribution in [2.75, 3.05) is 16.2 Å². The lowest BCUT2D eigenvalue weighted by Crippen LogP contribution is -2.31. The van der Waals surface area contributed by atoms with Crippen LogP contribution in [-0.2, 0) is 10.0 Å². The van der Waals surface area contributed by atoms with Crippen LogP contribution >= 0.6 is 11.6 Å². The van der Waals surface area contributed by atoms with Crippen LogP contribution in [0.3, 0.4) is 0 Å². The highest BCUT2D eigenvalue weighted by molar-refractivity contribution is 7.92. The highest BCUT2D eigenvalue weighted by Crippen LogP contribution is 2.28. The van der Waals surface area contributed by atoms with Gasteiger partial charge < -0.3 is 10.6 Å². The normalized spacial score (nSPS) is 13.2. The Kier molecular flexibility index (Phi) is 6.90. The summed E-state index contributed by atoms with van der Waals surface area (Å²) in [5.74, 6) is -0.890. The first kappa shape index (κ1) is 23.8. The van der Waals surface area contributed by atoms with E-state index < -0.39 is 15.9 Å². The summed E-state index contributed by atoms with van der Waals surface area (Å²) in [7, 11) is -3.95. The second-order valence-corrected chi connectivity index (χ2v) is 10.2. The largest absolute Gasteiger partial charge is 0.349 e. The lowest BCUT2D eigenvalue weighted by molar-refractivity contribution is 0.0952. The van der Waals surface area contributed by atoms with Gasteiger partial charge in [-0.3, -0.25) is 13.9 Å². The fraction of sp³-hybridized carbons (Fsp3) is 0.200. The number of carbonyl (C=O) groups is 2. The van der Waals surface area contributed by atoms with E-state index in [-0.39, 0.29) is 34.0 Å². The molecular weight excluding hydrogens is 474 g/mol. The van der Waals surface area contributed by atoms with Crippen molar-refractivity contribution >= 4 is 44.8 Å². The van der Waals surface area contributed by atoms with Crippen molar-refractivity contribution in [1.82, 2.24) is 5.32 Å². The number of para-hydroxylation sites is 2. The first-order valence-electron chi connectivity index (χ1n) is 10.9. The van der Waals surface area contributed by atoms with Gasteiger partial charge in [-0.1, -0.05) is 41.9 Å².